The predicted octanol–water partition coefficient (Wildman–Crippen LogP) is 4.92. The van der Waals surface area contributed by atoms with Crippen LogP contribution < -0.4 is 4.57 Å². The number of rotatable bonds is 1. The van der Waals surface area contributed by atoms with Gasteiger partial charge in [-0.3, -0.25) is 0 Å². The predicted molar refractivity (Wildman–Crippen MR) is 88.6 cm³/mol. The molecule has 0 saturated carbocycles. The van der Waals surface area contributed by atoms with Crippen LogP contribution >= 0.6 is 22.7 Å². The molecule has 0 saturated heterocycles. The van der Waals surface area contributed by atoms with Gasteiger partial charge in [-0.1, -0.05) is 18.2 Å². The highest BCUT2D eigenvalue weighted by Gasteiger charge is 2.20. The molecule has 4 aromatic rings. The van der Waals surface area contributed by atoms with Gasteiger partial charge >= 0.3 is 0 Å². The van der Waals surface area contributed by atoms with Crippen LogP contribution in [0, 0.1) is 6.92 Å². The number of thiophene rings is 2. The van der Waals surface area contributed by atoms with Gasteiger partial charge in [0.2, 0.25) is 11.2 Å². The van der Waals surface area contributed by atoms with E-state index in [9.17, 15) is 0 Å². The third kappa shape index (κ3) is 1.63. The van der Waals surface area contributed by atoms with E-state index in [2.05, 4.69) is 66.4 Å². The molecule has 98 valence electrons. The molecule has 3 heterocycles. The molecule has 0 N–H and O–H groups in total. The summed E-state index contributed by atoms with van der Waals surface area (Å²) in [5.74, 6) is 0. The van der Waals surface area contributed by atoms with Gasteiger partial charge in [-0.05, 0) is 36.1 Å². The number of nitrogens with zero attached hydrogens (tertiary/aromatic N) is 1. The first-order chi connectivity index (χ1) is 9.75. The minimum atomic E-state index is 1.28. The number of benzene rings is 1. The Morgan fingerprint density at radius 2 is 1.85 bits per heavy atom. The number of pyridine rings is 1. The fourth-order valence-electron chi connectivity index (χ4n) is 2.81. The topological polar surface area (TPSA) is 3.88 Å². The highest BCUT2D eigenvalue weighted by molar-refractivity contribution is 7.41. The summed E-state index contributed by atoms with van der Waals surface area (Å²) in [5, 5.41) is 3.56. The summed E-state index contributed by atoms with van der Waals surface area (Å²) in [6, 6.07) is 15.3. The monoisotopic (exact) mass is 296 g/mol. The van der Waals surface area contributed by atoms with Crippen LogP contribution in [0.2, 0.25) is 0 Å². The van der Waals surface area contributed by atoms with Gasteiger partial charge in [0, 0.05) is 11.6 Å². The zero-order valence-corrected chi connectivity index (χ0v) is 13.0. The second kappa shape index (κ2) is 4.40. The van der Waals surface area contributed by atoms with E-state index in [-0.39, 0.29) is 0 Å². The lowest BCUT2D eigenvalue weighted by Gasteiger charge is -2.04. The maximum Gasteiger partial charge on any atom is 0.232 e. The molecule has 0 fully saturated rings. The molecule has 0 amide bonds. The molecule has 0 unspecified atom stereocenters. The maximum atomic E-state index is 2.34. The van der Waals surface area contributed by atoms with Crippen molar-refractivity contribution in [2.75, 3.05) is 0 Å². The number of fused-ring (bicyclic) bond motifs is 3. The minimum absolute atomic E-state index is 1.28. The van der Waals surface area contributed by atoms with Crippen molar-refractivity contribution in [3.05, 3.63) is 53.4 Å². The summed E-state index contributed by atoms with van der Waals surface area (Å²) < 4.78 is 5.12. The highest BCUT2D eigenvalue weighted by Crippen LogP contribution is 2.36. The molecule has 0 spiro atoms. The Balaban J connectivity index is 2.10. The molecule has 0 aliphatic heterocycles. The Morgan fingerprint density at radius 1 is 1.00 bits per heavy atom. The fraction of sp³-hybridized carbons (Fsp3) is 0.118. The molecule has 0 atom stereocenters. The van der Waals surface area contributed by atoms with E-state index < -0.39 is 0 Å². The zero-order chi connectivity index (χ0) is 13.7. The molecule has 1 aromatic carbocycles. The van der Waals surface area contributed by atoms with Crippen molar-refractivity contribution >= 4 is 42.3 Å². The van der Waals surface area contributed by atoms with Crippen molar-refractivity contribution < 1.29 is 4.57 Å². The molecular weight excluding hydrogens is 282 g/mol. The fourth-order valence-corrected chi connectivity index (χ4v) is 5.01. The molecule has 20 heavy (non-hydrogen) atoms. The van der Waals surface area contributed by atoms with Crippen LogP contribution in [0.25, 0.3) is 30.9 Å². The molecule has 0 bridgehead atoms. The van der Waals surface area contributed by atoms with E-state index >= 15 is 0 Å². The third-order valence-corrected chi connectivity index (χ3v) is 6.03. The van der Waals surface area contributed by atoms with Gasteiger partial charge in [0.1, 0.15) is 11.7 Å². The molecule has 0 aliphatic carbocycles. The minimum Gasteiger partial charge on any atom is -0.193 e. The van der Waals surface area contributed by atoms with E-state index in [0.29, 0.717) is 0 Å². The van der Waals surface area contributed by atoms with Crippen LogP contribution in [0.5, 0.6) is 0 Å². The SMILES string of the molecule is Cc1ccccc1-c1ccc2sc3sccc3c2[n+]1C. The van der Waals surface area contributed by atoms with Crippen molar-refractivity contribution in [1.82, 2.24) is 0 Å². The first-order valence-electron chi connectivity index (χ1n) is 6.60. The Kier molecular flexibility index (Phi) is 2.65. The molecule has 1 nitrogen and oxygen atoms in total. The normalized spacial score (nSPS) is 11.5. The second-order valence-corrected chi connectivity index (χ2v) is 7.26. The number of hydrogen-bond donors (Lipinski definition) is 0. The van der Waals surface area contributed by atoms with Crippen molar-refractivity contribution in [3.8, 4) is 11.3 Å². The summed E-state index contributed by atoms with van der Waals surface area (Å²) in [4.78, 5) is 0. The largest absolute Gasteiger partial charge is 0.232 e. The summed E-state index contributed by atoms with van der Waals surface area (Å²) in [5.41, 5.74) is 5.26. The number of aromatic nitrogens is 1. The second-order valence-electron chi connectivity index (χ2n) is 5.03. The lowest BCUT2D eigenvalue weighted by Crippen LogP contribution is -2.31. The quantitative estimate of drug-likeness (QED) is 0.439. The first-order valence-corrected chi connectivity index (χ1v) is 8.30. The third-order valence-electron chi connectivity index (χ3n) is 3.83. The van der Waals surface area contributed by atoms with Gasteiger partial charge in [-0.25, -0.2) is 0 Å². The van der Waals surface area contributed by atoms with Gasteiger partial charge in [0.25, 0.3) is 0 Å². The van der Waals surface area contributed by atoms with Gasteiger partial charge in [-0.15, -0.1) is 22.7 Å². The average molecular weight is 296 g/mol. The average Bonchev–Trinajstić information content (AvgIpc) is 3.00. The smallest absolute Gasteiger partial charge is 0.193 e. The number of aryl methyl sites for hydroxylation is 2. The lowest BCUT2D eigenvalue weighted by atomic mass is 10.0. The van der Waals surface area contributed by atoms with Gasteiger partial charge < -0.3 is 0 Å². The van der Waals surface area contributed by atoms with Crippen LogP contribution in [-0.4, -0.2) is 0 Å². The molecule has 0 radical (unpaired) electrons. The van der Waals surface area contributed by atoms with Crippen molar-refractivity contribution in [1.29, 1.82) is 0 Å². The molecule has 3 heteroatoms. The van der Waals surface area contributed by atoms with Crippen LogP contribution in [0.15, 0.2) is 47.8 Å². The summed E-state index contributed by atoms with van der Waals surface area (Å²) in [6.07, 6.45) is 0. The van der Waals surface area contributed by atoms with E-state index in [0.717, 1.165) is 0 Å². The van der Waals surface area contributed by atoms with Crippen LogP contribution in [-0.2, 0) is 7.05 Å². The van der Waals surface area contributed by atoms with Crippen LogP contribution in [0.1, 0.15) is 5.56 Å². The van der Waals surface area contributed by atoms with Crippen molar-refractivity contribution in [2.24, 2.45) is 7.05 Å². The maximum absolute atomic E-state index is 2.34. The van der Waals surface area contributed by atoms with E-state index in [1.807, 2.05) is 22.7 Å². The Bertz CT molecular complexity index is 931. The van der Waals surface area contributed by atoms with E-state index in [1.165, 1.54) is 36.4 Å². The standard InChI is InChI=1S/C17H14NS2/c1-11-5-3-4-6-12(11)14-7-8-15-16(18(14)2)13-9-10-19-17(13)20-15/h3-10H,1-2H3/q+1. The van der Waals surface area contributed by atoms with Gasteiger partial charge in [0.05, 0.1) is 9.40 Å². The van der Waals surface area contributed by atoms with Gasteiger partial charge in [0.15, 0.2) is 0 Å². The first kappa shape index (κ1) is 12.1. The van der Waals surface area contributed by atoms with Crippen molar-refractivity contribution in [3.63, 3.8) is 0 Å². The summed E-state index contributed by atoms with van der Waals surface area (Å²) in [7, 11) is 2.17. The molecular formula is C17H14NS2+. The number of hydrogen-bond acceptors (Lipinski definition) is 2. The summed E-state index contributed by atoms with van der Waals surface area (Å²) in [6.45, 7) is 2.17. The van der Waals surface area contributed by atoms with E-state index in [4.69, 9.17) is 0 Å². The molecule has 3 aromatic heterocycles. The van der Waals surface area contributed by atoms with E-state index in [1.54, 1.807) is 0 Å². The Hall–Kier alpha value is -1.71. The van der Waals surface area contributed by atoms with Crippen LogP contribution in [0.3, 0.4) is 0 Å². The molecule has 4 rings (SSSR count). The lowest BCUT2D eigenvalue weighted by molar-refractivity contribution is -0.632. The Labute approximate surface area is 125 Å². The van der Waals surface area contributed by atoms with Crippen LogP contribution in [0.4, 0.5) is 0 Å². The van der Waals surface area contributed by atoms with Gasteiger partial charge in [-0.2, -0.15) is 4.57 Å². The van der Waals surface area contributed by atoms with Crippen molar-refractivity contribution in [2.45, 2.75) is 6.92 Å². The molecule has 0 aliphatic rings. The highest BCUT2D eigenvalue weighted by atomic mass is 32.2. The zero-order valence-electron chi connectivity index (χ0n) is 11.4. The summed E-state index contributed by atoms with van der Waals surface area (Å²) >= 11 is 3.72. The Morgan fingerprint density at radius 3 is 2.70 bits per heavy atom.